The first-order chi connectivity index (χ1) is 8.25. The molecule has 1 fully saturated rings. The quantitative estimate of drug-likeness (QED) is 0.825. The highest BCUT2D eigenvalue weighted by Gasteiger charge is 2.24. The van der Waals surface area contributed by atoms with E-state index in [1.165, 1.54) is 0 Å². The van der Waals surface area contributed by atoms with Crippen LogP contribution in [0.1, 0.15) is 25.7 Å². The number of aliphatic hydroxyl groups is 1. The van der Waals surface area contributed by atoms with E-state index < -0.39 is 12.2 Å². The summed E-state index contributed by atoms with van der Waals surface area (Å²) in [6, 6.07) is 8.72. The fourth-order valence-corrected chi connectivity index (χ4v) is 2.06. The SMILES string of the molecule is O=C(N[C@@H]1CCCC[C@H]1O)Oc1ccccc1. The number of ether oxygens (including phenoxy) is 1. The fourth-order valence-electron chi connectivity index (χ4n) is 2.06. The van der Waals surface area contributed by atoms with Crippen molar-refractivity contribution in [3.05, 3.63) is 30.3 Å². The van der Waals surface area contributed by atoms with E-state index in [1.807, 2.05) is 6.07 Å². The first-order valence-corrected chi connectivity index (χ1v) is 5.97. The summed E-state index contributed by atoms with van der Waals surface area (Å²) in [5.41, 5.74) is 0. The first kappa shape index (κ1) is 11.9. The Morgan fingerprint density at radius 3 is 2.65 bits per heavy atom. The normalized spacial score (nSPS) is 24.1. The third-order valence-corrected chi connectivity index (χ3v) is 2.99. The third kappa shape index (κ3) is 3.46. The van der Waals surface area contributed by atoms with Gasteiger partial charge in [-0.25, -0.2) is 4.79 Å². The standard InChI is InChI=1S/C13H17NO3/c15-12-9-5-4-8-11(12)14-13(16)17-10-6-2-1-3-7-10/h1-3,6-7,11-12,15H,4-5,8-9H2,(H,14,16)/t11-,12-/m1/s1. The first-order valence-electron chi connectivity index (χ1n) is 5.97. The van der Waals surface area contributed by atoms with E-state index in [0.717, 1.165) is 25.7 Å². The third-order valence-electron chi connectivity index (χ3n) is 2.99. The van der Waals surface area contributed by atoms with Crippen molar-refractivity contribution < 1.29 is 14.6 Å². The number of hydrogen-bond acceptors (Lipinski definition) is 3. The minimum Gasteiger partial charge on any atom is -0.410 e. The molecule has 0 aromatic heterocycles. The van der Waals surface area contributed by atoms with Crippen LogP contribution in [0.5, 0.6) is 5.75 Å². The van der Waals surface area contributed by atoms with Gasteiger partial charge in [0.15, 0.2) is 0 Å². The molecule has 0 radical (unpaired) electrons. The molecule has 0 spiro atoms. The summed E-state index contributed by atoms with van der Waals surface area (Å²) < 4.78 is 5.10. The molecule has 0 saturated heterocycles. The smallest absolute Gasteiger partial charge is 0.410 e. The fraction of sp³-hybridized carbons (Fsp3) is 0.462. The van der Waals surface area contributed by atoms with Crippen LogP contribution in [-0.4, -0.2) is 23.3 Å². The van der Waals surface area contributed by atoms with Crippen molar-refractivity contribution in [2.75, 3.05) is 0 Å². The maximum atomic E-state index is 11.6. The summed E-state index contributed by atoms with van der Waals surface area (Å²) >= 11 is 0. The Morgan fingerprint density at radius 1 is 1.24 bits per heavy atom. The lowest BCUT2D eigenvalue weighted by atomic mass is 9.93. The number of aliphatic hydroxyl groups excluding tert-OH is 1. The lowest BCUT2D eigenvalue weighted by Crippen LogP contribution is -2.46. The summed E-state index contributed by atoms with van der Waals surface area (Å²) in [7, 11) is 0. The van der Waals surface area contributed by atoms with Crippen molar-refractivity contribution in [2.24, 2.45) is 0 Å². The molecule has 0 heterocycles. The van der Waals surface area contributed by atoms with Gasteiger partial charge in [-0.3, -0.25) is 0 Å². The van der Waals surface area contributed by atoms with Crippen molar-refractivity contribution in [1.82, 2.24) is 5.32 Å². The van der Waals surface area contributed by atoms with E-state index in [9.17, 15) is 9.90 Å². The van der Waals surface area contributed by atoms with Crippen molar-refractivity contribution in [3.63, 3.8) is 0 Å². The van der Waals surface area contributed by atoms with Crippen LogP contribution in [0.4, 0.5) is 4.79 Å². The Balaban J connectivity index is 1.84. The second-order valence-electron chi connectivity index (χ2n) is 4.31. The highest BCUT2D eigenvalue weighted by molar-refractivity contribution is 5.70. The lowest BCUT2D eigenvalue weighted by Gasteiger charge is -2.27. The van der Waals surface area contributed by atoms with Crippen LogP contribution in [0.3, 0.4) is 0 Å². The number of rotatable bonds is 2. The average molecular weight is 235 g/mol. The molecule has 1 aliphatic carbocycles. The van der Waals surface area contributed by atoms with Gasteiger partial charge in [0, 0.05) is 0 Å². The molecule has 1 aliphatic rings. The molecule has 1 saturated carbocycles. The molecule has 92 valence electrons. The summed E-state index contributed by atoms with van der Waals surface area (Å²) in [6.45, 7) is 0. The van der Waals surface area contributed by atoms with Crippen LogP contribution in [0, 0.1) is 0 Å². The van der Waals surface area contributed by atoms with Crippen molar-refractivity contribution in [2.45, 2.75) is 37.8 Å². The molecule has 2 atom stereocenters. The molecular weight excluding hydrogens is 218 g/mol. The Hall–Kier alpha value is -1.55. The minimum atomic E-state index is -0.498. The number of amides is 1. The monoisotopic (exact) mass is 235 g/mol. The summed E-state index contributed by atoms with van der Waals surface area (Å²) in [4.78, 5) is 11.6. The zero-order valence-corrected chi connectivity index (χ0v) is 9.63. The van der Waals surface area contributed by atoms with Crippen LogP contribution >= 0.6 is 0 Å². The van der Waals surface area contributed by atoms with E-state index in [2.05, 4.69) is 5.32 Å². The molecule has 4 heteroatoms. The zero-order valence-electron chi connectivity index (χ0n) is 9.63. The van der Waals surface area contributed by atoms with Gasteiger partial charge >= 0.3 is 6.09 Å². The van der Waals surface area contributed by atoms with Gasteiger partial charge in [0.25, 0.3) is 0 Å². The Bertz CT molecular complexity index is 366. The highest BCUT2D eigenvalue weighted by atomic mass is 16.6. The van der Waals surface area contributed by atoms with Gasteiger partial charge < -0.3 is 15.2 Å². The average Bonchev–Trinajstić information content (AvgIpc) is 2.33. The van der Waals surface area contributed by atoms with Gasteiger partial charge in [-0.1, -0.05) is 31.0 Å². The molecule has 1 aromatic carbocycles. The molecule has 17 heavy (non-hydrogen) atoms. The maximum absolute atomic E-state index is 11.6. The summed E-state index contributed by atoms with van der Waals surface area (Å²) in [6.07, 6.45) is 2.66. The predicted octanol–water partition coefficient (Wildman–Crippen LogP) is 2.08. The van der Waals surface area contributed by atoms with E-state index in [-0.39, 0.29) is 6.04 Å². The number of nitrogens with one attached hydrogen (secondary N) is 1. The molecule has 2 rings (SSSR count). The van der Waals surface area contributed by atoms with Crippen LogP contribution in [0.2, 0.25) is 0 Å². The van der Waals surface area contributed by atoms with Crippen LogP contribution in [0.25, 0.3) is 0 Å². The summed E-state index contributed by atoms with van der Waals surface area (Å²) in [5, 5.41) is 12.4. The Kier molecular flexibility index (Phi) is 3.98. The number of benzene rings is 1. The minimum absolute atomic E-state index is 0.181. The second kappa shape index (κ2) is 5.68. The van der Waals surface area contributed by atoms with Gasteiger partial charge in [0.1, 0.15) is 5.75 Å². The number of carbonyl (C=O) groups excluding carboxylic acids is 1. The Labute approximate surface area is 101 Å². The molecule has 1 aromatic rings. The number of hydrogen-bond donors (Lipinski definition) is 2. The molecule has 2 N–H and O–H groups in total. The summed E-state index contributed by atoms with van der Waals surface area (Å²) in [5.74, 6) is 0.510. The van der Waals surface area contributed by atoms with E-state index in [1.54, 1.807) is 24.3 Å². The number of carbonyl (C=O) groups is 1. The Morgan fingerprint density at radius 2 is 1.94 bits per heavy atom. The highest BCUT2D eigenvalue weighted by Crippen LogP contribution is 2.18. The largest absolute Gasteiger partial charge is 0.412 e. The van der Waals surface area contributed by atoms with E-state index in [4.69, 9.17) is 4.74 Å². The van der Waals surface area contributed by atoms with Gasteiger partial charge in [0.2, 0.25) is 0 Å². The van der Waals surface area contributed by atoms with Gasteiger partial charge in [0.05, 0.1) is 12.1 Å². The zero-order chi connectivity index (χ0) is 12.1. The molecule has 0 aliphatic heterocycles. The lowest BCUT2D eigenvalue weighted by molar-refractivity contribution is 0.0892. The van der Waals surface area contributed by atoms with Crippen LogP contribution in [0.15, 0.2) is 30.3 Å². The molecule has 0 unspecified atom stereocenters. The van der Waals surface area contributed by atoms with Gasteiger partial charge in [-0.2, -0.15) is 0 Å². The van der Waals surface area contributed by atoms with E-state index >= 15 is 0 Å². The second-order valence-corrected chi connectivity index (χ2v) is 4.31. The number of para-hydroxylation sites is 1. The molecule has 1 amide bonds. The van der Waals surface area contributed by atoms with Crippen molar-refractivity contribution >= 4 is 6.09 Å². The molecule has 0 bridgehead atoms. The molecular formula is C13H17NO3. The topological polar surface area (TPSA) is 58.6 Å². The van der Waals surface area contributed by atoms with Crippen LogP contribution < -0.4 is 10.1 Å². The maximum Gasteiger partial charge on any atom is 0.412 e. The predicted molar refractivity (Wildman–Crippen MR) is 63.9 cm³/mol. The van der Waals surface area contributed by atoms with Crippen molar-refractivity contribution in [3.8, 4) is 5.75 Å². The van der Waals surface area contributed by atoms with Gasteiger partial charge in [-0.05, 0) is 25.0 Å². The van der Waals surface area contributed by atoms with Crippen molar-refractivity contribution in [1.29, 1.82) is 0 Å². The van der Waals surface area contributed by atoms with Gasteiger partial charge in [-0.15, -0.1) is 0 Å². The van der Waals surface area contributed by atoms with Crippen LogP contribution in [-0.2, 0) is 0 Å². The molecule has 4 nitrogen and oxygen atoms in total. The van der Waals surface area contributed by atoms with E-state index in [0.29, 0.717) is 5.75 Å².